The molecular weight excluding hydrogens is 288 g/mol. The number of benzene rings is 2. The highest BCUT2D eigenvalue weighted by atomic mass is 16.5. The number of ether oxygens (including phenoxy) is 1. The van der Waals surface area contributed by atoms with E-state index in [1.165, 1.54) is 12.7 Å². The second-order valence-electron chi connectivity index (χ2n) is 5.76. The summed E-state index contributed by atoms with van der Waals surface area (Å²) < 4.78 is 11.2. The number of aryl methyl sites for hydroxylation is 1. The van der Waals surface area contributed by atoms with E-state index in [0.29, 0.717) is 5.75 Å². The number of hydrogen-bond donors (Lipinski definition) is 1. The average Bonchev–Trinajstić information content (AvgIpc) is 2.84. The number of phenolic OH excluding ortho intramolecular Hbond substituents is 1. The van der Waals surface area contributed by atoms with E-state index in [1.807, 2.05) is 13.0 Å². The van der Waals surface area contributed by atoms with Crippen molar-refractivity contribution in [1.82, 2.24) is 0 Å². The SMILES string of the molecule is COc1ccc(-c2oc(-c3ccc(C)cc3)c(C)c2C)cc1O. The number of furan rings is 1. The van der Waals surface area contributed by atoms with E-state index in [-0.39, 0.29) is 5.75 Å². The Labute approximate surface area is 136 Å². The van der Waals surface area contributed by atoms with Gasteiger partial charge < -0.3 is 14.3 Å². The molecule has 3 heteroatoms. The van der Waals surface area contributed by atoms with Gasteiger partial charge in [0.1, 0.15) is 11.5 Å². The summed E-state index contributed by atoms with van der Waals surface area (Å²) in [6.07, 6.45) is 0. The van der Waals surface area contributed by atoms with E-state index in [2.05, 4.69) is 38.1 Å². The summed E-state index contributed by atoms with van der Waals surface area (Å²) in [5, 5.41) is 10.0. The number of phenols is 1. The van der Waals surface area contributed by atoms with Gasteiger partial charge in [0.2, 0.25) is 0 Å². The molecule has 0 amide bonds. The first-order valence-electron chi connectivity index (χ1n) is 7.55. The number of rotatable bonds is 3. The van der Waals surface area contributed by atoms with Crippen LogP contribution in [0.3, 0.4) is 0 Å². The van der Waals surface area contributed by atoms with E-state index < -0.39 is 0 Å². The minimum atomic E-state index is 0.107. The number of methoxy groups -OCH3 is 1. The average molecular weight is 308 g/mol. The molecule has 3 nitrogen and oxygen atoms in total. The molecule has 1 aromatic heterocycles. The van der Waals surface area contributed by atoms with Crippen molar-refractivity contribution in [1.29, 1.82) is 0 Å². The fourth-order valence-electron chi connectivity index (χ4n) is 2.68. The molecule has 1 heterocycles. The molecule has 0 aliphatic rings. The van der Waals surface area contributed by atoms with Crippen molar-refractivity contribution in [3.05, 3.63) is 59.2 Å². The minimum absolute atomic E-state index is 0.107. The molecule has 0 radical (unpaired) electrons. The van der Waals surface area contributed by atoms with Crippen LogP contribution >= 0.6 is 0 Å². The minimum Gasteiger partial charge on any atom is -0.504 e. The lowest BCUT2D eigenvalue weighted by Gasteiger charge is -2.05. The van der Waals surface area contributed by atoms with Crippen LogP contribution in [0.5, 0.6) is 11.5 Å². The standard InChI is InChI=1S/C20H20O3/c1-12-5-7-15(8-6-12)19-13(2)14(3)20(23-19)16-9-10-18(22-4)17(21)11-16/h5-11,21H,1-4H3. The molecule has 23 heavy (non-hydrogen) atoms. The predicted molar refractivity (Wildman–Crippen MR) is 92.0 cm³/mol. The lowest BCUT2D eigenvalue weighted by Crippen LogP contribution is -1.85. The third-order valence-electron chi connectivity index (χ3n) is 4.20. The first-order chi connectivity index (χ1) is 11.0. The molecular formula is C20H20O3. The molecule has 0 bridgehead atoms. The Kier molecular flexibility index (Phi) is 3.87. The molecule has 0 saturated heterocycles. The summed E-state index contributed by atoms with van der Waals surface area (Å²) in [7, 11) is 1.53. The zero-order chi connectivity index (χ0) is 16.6. The van der Waals surface area contributed by atoms with Gasteiger partial charge in [0, 0.05) is 11.1 Å². The van der Waals surface area contributed by atoms with Crippen LogP contribution in [0.2, 0.25) is 0 Å². The molecule has 118 valence electrons. The Morgan fingerprint density at radius 3 is 1.96 bits per heavy atom. The summed E-state index contributed by atoms with van der Waals surface area (Å²) in [6, 6.07) is 13.6. The van der Waals surface area contributed by atoms with Gasteiger partial charge in [-0.2, -0.15) is 0 Å². The van der Waals surface area contributed by atoms with Gasteiger partial charge >= 0.3 is 0 Å². The van der Waals surface area contributed by atoms with Crippen molar-refractivity contribution in [2.45, 2.75) is 20.8 Å². The first-order valence-corrected chi connectivity index (χ1v) is 7.55. The fraction of sp³-hybridized carbons (Fsp3) is 0.200. The van der Waals surface area contributed by atoms with E-state index in [4.69, 9.17) is 9.15 Å². The van der Waals surface area contributed by atoms with Gasteiger partial charge in [0.05, 0.1) is 7.11 Å². The summed E-state index contributed by atoms with van der Waals surface area (Å²) >= 11 is 0. The van der Waals surface area contributed by atoms with Gasteiger partial charge in [-0.25, -0.2) is 0 Å². The van der Waals surface area contributed by atoms with Crippen LogP contribution in [-0.2, 0) is 0 Å². The summed E-state index contributed by atoms with van der Waals surface area (Å²) in [5.74, 6) is 2.20. The van der Waals surface area contributed by atoms with Crippen LogP contribution < -0.4 is 4.74 Å². The van der Waals surface area contributed by atoms with Gasteiger partial charge in [-0.3, -0.25) is 0 Å². The summed E-state index contributed by atoms with van der Waals surface area (Å²) in [4.78, 5) is 0. The van der Waals surface area contributed by atoms with Crippen molar-refractivity contribution < 1.29 is 14.3 Å². The Morgan fingerprint density at radius 1 is 0.826 bits per heavy atom. The van der Waals surface area contributed by atoms with Gasteiger partial charge in [0.15, 0.2) is 11.5 Å². The van der Waals surface area contributed by atoms with Crippen molar-refractivity contribution in [3.63, 3.8) is 0 Å². The van der Waals surface area contributed by atoms with Crippen molar-refractivity contribution >= 4 is 0 Å². The molecule has 0 aliphatic heterocycles. The van der Waals surface area contributed by atoms with Crippen molar-refractivity contribution in [2.75, 3.05) is 7.11 Å². The third kappa shape index (κ3) is 2.70. The lowest BCUT2D eigenvalue weighted by atomic mass is 10.0. The van der Waals surface area contributed by atoms with Crippen LogP contribution in [0.1, 0.15) is 16.7 Å². The highest BCUT2D eigenvalue weighted by Gasteiger charge is 2.17. The smallest absolute Gasteiger partial charge is 0.160 e. The quantitative estimate of drug-likeness (QED) is 0.718. The molecule has 0 aliphatic carbocycles. The monoisotopic (exact) mass is 308 g/mol. The summed E-state index contributed by atoms with van der Waals surface area (Å²) in [6.45, 7) is 6.16. The van der Waals surface area contributed by atoms with Gasteiger partial charge in [-0.15, -0.1) is 0 Å². The van der Waals surface area contributed by atoms with E-state index >= 15 is 0 Å². The third-order valence-corrected chi connectivity index (χ3v) is 4.20. The number of aromatic hydroxyl groups is 1. The zero-order valence-corrected chi connectivity index (χ0v) is 13.8. The van der Waals surface area contributed by atoms with E-state index in [1.54, 1.807) is 12.1 Å². The zero-order valence-electron chi connectivity index (χ0n) is 13.8. The topological polar surface area (TPSA) is 42.6 Å². The Hall–Kier alpha value is -2.68. The summed E-state index contributed by atoms with van der Waals surface area (Å²) in [5.41, 5.74) is 5.29. The molecule has 0 spiro atoms. The van der Waals surface area contributed by atoms with Gasteiger partial charge in [-0.1, -0.05) is 29.8 Å². The molecule has 0 saturated carbocycles. The predicted octanol–water partition coefficient (Wildman–Crippen LogP) is 5.25. The number of hydrogen-bond acceptors (Lipinski definition) is 3. The highest BCUT2D eigenvalue weighted by Crippen LogP contribution is 2.39. The largest absolute Gasteiger partial charge is 0.504 e. The Bertz CT molecular complexity index is 842. The lowest BCUT2D eigenvalue weighted by molar-refractivity contribution is 0.373. The maximum Gasteiger partial charge on any atom is 0.160 e. The highest BCUT2D eigenvalue weighted by molar-refractivity contribution is 5.73. The molecule has 0 atom stereocenters. The van der Waals surface area contributed by atoms with Crippen LogP contribution in [0, 0.1) is 20.8 Å². The Morgan fingerprint density at radius 2 is 1.39 bits per heavy atom. The van der Waals surface area contributed by atoms with Crippen LogP contribution in [0.4, 0.5) is 0 Å². The normalized spacial score (nSPS) is 10.8. The molecule has 0 unspecified atom stereocenters. The Balaban J connectivity index is 2.09. The second kappa shape index (κ2) is 5.84. The van der Waals surface area contributed by atoms with Crippen LogP contribution in [0.15, 0.2) is 46.9 Å². The van der Waals surface area contributed by atoms with E-state index in [0.717, 1.165) is 33.8 Å². The molecule has 2 aromatic carbocycles. The van der Waals surface area contributed by atoms with E-state index in [9.17, 15) is 5.11 Å². The maximum absolute atomic E-state index is 10.0. The molecule has 3 rings (SSSR count). The van der Waals surface area contributed by atoms with Crippen LogP contribution in [0.25, 0.3) is 22.6 Å². The van der Waals surface area contributed by atoms with Gasteiger partial charge in [0.25, 0.3) is 0 Å². The van der Waals surface area contributed by atoms with Crippen LogP contribution in [-0.4, -0.2) is 12.2 Å². The second-order valence-corrected chi connectivity index (χ2v) is 5.76. The molecule has 0 fully saturated rings. The fourth-order valence-corrected chi connectivity index (χ4v) is 2.68. The molecule has 1 N–H and O–H groups in total. The molecule has 3 aromatic rings. The first kappa shape index (κ1) is 15.2. The van der Waals surface area contributed by atoms with Gasteiger partial charge in [-0.05, 0) is 50.1 Å². The van der Waals surface area contributed by atoms with Crippen molar-refractivity contribution in [3.8, 4) is 34.1 Å². The maximum atomic E-state index is 10.0. The van der Waals surface area contributed by atoms with Crippen molar-refractivity contribution in [2.24, 2.45) is 0 Å².